The molecular formula is C25H30N4O4S2. The number of rotatable bonds is 8. The minimum absolute atomic E-state index is 0.141. The third kappa shape index (κ3) is 5.87. The Labute approximate surface area is 213 Å². The van der Waals surface area contributed by atoms with Crippen molar-refractivity contribution in [3.63, 3.8) is 0 Å². The molecule has 1 aromatic carbocycles. The largest absolute Gasteiger partial charge is 0.483 e. The Kier molecular flexibility index (Phi) is 8.12. The van der Waals surface area contributed by atoms with E-state index in [1.54, 1.807) is 0 Å². The summed E-state index contributed by atoms with van der Waals surface area (Å²) in [7, 11) is 3.23. The summed E-state index contributed by atoms with van der Waals surface area (Å²) in [5.41, 5.74) is 2.70. The van der Waals surface area contributed by atoms with Crippen molar-refractivity contribution in [1.29, 1.82) is 0 Å². The van der Waals surface area contributed by atoms with Crippen LogP contribution in [0, 0.1) is 6.92 Å². The molecular weight excluding hydrogens is 484 g/mol. The number of hydrogen-bond acceptors (Lipinski definition) is 8. The third-order valence-electron chi connectivity index (χ3n) is 5.96. The van der Waals surface area contributed by atoms with Crippen LogP contribution in [0.1, 0.15) is 64.5 Å². The van der Waals surface area contributed by atoms with Gasteiger partial charge in [-0.1, -0.05) is 35.9 Å². The van der Waals surface area contributed by atoms with E-state index < -0.39 is 5.97 Å². The summed E-state index contributed by atoms with van der Waals surface area (Å²) < 4.78 is 12.9. The number of anilines is 1. The molecule has 0 saturated heterocycles. The lowest BCUT2D eigenvalue weighted by Gasteiger charge is -2.14. The van der Waals surface area contributed by atoms with Gasteiger partial charge in [0.2, 0.25) is 5.91 Å². The molecule has 1 N–H and O–H groups in total. The first-order chi connectivity index (χ1) is 16.9. The molecule has 10 heteroatoms. The molecule has 0 spiro atoms. The van der Waals surface area contributed by atoms with Gasteiger partial charge in [-0.15, -0.1) is 21.5 Å². The van der Waals surface area contributed by atoms with Crippen LogP contribution in [0.25, 0.3) is 0 Å². The minimum Gasteiger partial charge on any atom is -0.483 e. The highest BCUT2D eigenvalue weighted by Gasteiger charge is 2.26. The van der Waals surface area contributed by atoms with Crippen LogP contribution in [-0.2, 0) is 29.4 Å². The maximum Gasteiger partial charge on any atom is 0.341 e. The molecule has 1 amide bonds. The molecule has 186 valence electrons. The zero-order chi connectivity index (χ0) is 24.9. The van der Waals surface area contributed by atoms with Gasteiger partial charge in [-0.2, -0.15) is 0 Å². The summed E-state index contributed by atoms with van der Waals surface area (Å²) in [4.78, 5) is 26.5. The predicted octanol–water partition coefficient (Wildman–Crippen LogP) is 5.11. The highest BCUT2D eigenvalue weighted by Crippen LogP contribution is 2.38. The molecule has 0 radical (unpaired) electrons. The van der Waals surface area contributed by atoms with Gasteiger partial charge >= 0.3 is 5.97 Å². The molecule has 0 saturated carbocycles. The lowest BCUT2D eigenvalue weighted by molar-refractivity contribution is -0.113. The van der Waals surface area contributed by atoms with Gasteiger partial charge in [-0.05, 0) is 57.2 Å². The monoisotopic (exact) mass is 514 g/mol. The molecule has 0 fully saturated rings. The summed E-state index contributed by atoms with van der Waals surface area (Å²) in [6.07, 6.45) is 4.75. The van der Waals surface area contributed by atoms with E-state index in [-0.39, 0.29) is 17.8 Å². The number of amides is 1. The average molecular weight is 515 g/mol. The summed E-state index contributed by atoms with van der Waals surface area (Å²) in [6, 6.07) is 7.84. The van der Waals surface area contributed by atoms with Crippen LogP contribution in [0.2, 0.25) is 0 Å². The average Bonchev–Trinajstić information content (AvgIpc) is 3.29. The highest BCUT2D eigenvalue weighted by atomic mass is 32.2. The molecule has 8 nitrogen and oxygen atoms in total. The quantitative estimate of drug-likeness (QED) is 0.253. The van der Waals surface area contributed by atoms with E-state index in [1.807, 2.05) is 49.7 Å². The number of methoxy groups -OCH3 is 1. The molecule has 2 heterocycles. The molecule has 1 aliphatic carbocycles. The van der Waals surface area contributed by atoms with E-state index in [0.717, 1.165) is 49.0 Å². The summed E-state index contributed by atoms with van der Waals surface area (Å²) >= 11 is 2.78. The standard InChI is InChI=1S/C25H30N4O4S2/c1-15-10-12-17(13-11-15)33-16(2)22-27-28-25(29(22)3)34-14-20(30)26-23-21(24(31)32-4)18-8-6-5-7-9-19(18)35-23/h10-13,16H,5-9,14H2,1-4H3,(H,26,30). The molecule has 0 bridgehead atoms. The fraction of sp³-hybridized carbons (Fsp3) is 0.440. The minimum atomic E-state index is -0.395. The number of nitrogens with one attached hydrogen (secondary N) is 1. The Morgan fingerprint density at radius 2 is 1.91 bits per heavy atom. The third-order valence-corrected chi connectivity index (χ3v) is 8.19. The van der Waals surface area contributed by atoms with Crippen molar-refractivity contribution in [1.82, 2.24) is 14.8 Å². The first kappa shape index (κ1) is 25.2. The molecule has 2 aromatic heterocycles. The van der Waals surface area contributed by atoms with Gasteiger partial charge in [0.15, 0.2) is 17.1 Å². The number of nitrogens with zero attached hydrogens (tertiary/aromatic N) is 3. The van der Waals surface area contributed by atoms with Gasteiger partial charge in [0.25, 0.3) is 0 Å². The van der Waals surface area contributed by atoms with E-state index in [4.69, 9.17) is 9.47 Å². The van der Waals surface area contributed by atoms with Gasteiger partial charge in [0.1, 0.15) is 10.8 Å². The van der Waals surface area contributed by atoms with E-state index in [9.17, 15) is 9.59 Å². The van der Waals surface area contributed by atoms with Crippen molar-refractivity contribution < 1.29 is 19.1 Å². The molecule has 1 atom stereocenters. The van der Waals surface area contributed by atoms with Gasteiger partial charge in [0, 0.05) is 11.9 Å². The van der Waals surface area contributed by atoms with Gasteiger partial charge in [-0.3, -0.25) is 4.79 Å². The second kappa shape index (κ2) is 11.3. The first-order valence-electron chi connectivity index (χ1n) is 11.7. The van der Waals surface area contributed by atoms with Crippen molar-refractivity contribution in [2.45, 2.75) is 57.2 Å². The number of esters is 1. The molecule has 4 rings (SSSR count). The highest BCUT2D eigenvalue weighted by molar-refractivity contribution is 7.99. The van der Waals surface area contributed by atoms with E-state index in [1.165, 1.54) is 35.1 Å². The normalized spacial score (nSPS) is 14.1. The summed E-state index contributed by atoms with van der Waals surface area (Å²) in [5.74, 6) is 0.972. The molecule has 0 aliphatic heterocycles. The van der Waals surface area contributed by atoms with Crippen molar-refractivity contribution in [3.05, 3.63) is 51.7 Å². The van der Waals surface area contributed by atoms with Crippen molar-refractivity contribution in [2.75, 3.05) is 18.2 Å². The molecule has 1 aliphatic rings. The van der Waals surface area contributed by atoms with Crippen LogP contribution in [0.5, 0.6) is 5.75 Å². The Balaban J connectivity index is 1.40. The van der Waals surface area contributed by atoms with Crippen LogP contribution >= 0.6 is 23.1 Å². The summed E-state index contributed by atoms with van der Waals surface area (Å²) in [6.45, 7) is 3.94. The number of thiophene rings is 1. The number of hydrogen-bond donors (Lipinski definition) is 1. The Bertz CT molecular complexity index is 1200. The van der Waals surface area contributed by atoms with Gasteiger partial charge in [0.05, 0.1) is 18.4 Å². The van der Waals surface area contributed by atoms with Crippen LogP contribution in [-0.4, -0.2) is 39.5 Å². The van der Waals surface area contributed by atoms with Crippen molar-refractivity contribution in [3.8, 4) is 5.75 Å². The molecule has 35 heavy (non-hydrogen) atoms. The first-order valence-corrected chi connectivity index (χ1v) is 13.5. The summed E-state index contributed by atoms with van der Waals surface area (Å²) in [5, 5.41) is 12.6. The fourth-order valence-electron chi connectivity index (χ4n) is 4.12. The number of fused-ring (bicyclic) bond motifs is 1. The van der Waals surface area contributed by atoms with Crippen LogP contribution in [0.4, 0.5) is 5.00 Å². The number of aromatic nitrogens is 3. The SMILES string of the molecule is COC(=O)c1c(NC(=O)CSc2nnc(C(C)Oc3ccc(C)cc3)n2C)sc2c1CCCCC2. The van der Waals surface area contributed by atoms with E-state index in [0.29, 0.717) is 21.5 Å². The zero-order valence-corrected chi connectivity index (χ0v) is 22.1. The fourth-order valence-corrected chi connectivity index (χ4v) is 6.13. The maximum absolute atomic E-state index is 12.8. The predicted molar refractivity (Wildman–Crippen MR) is 137 cm³/mol. The van der Waals surface area contributed by atoms with E-state index in [2.05, 4.69) is 15.5 Å². The maximum atomic E-state index is 12.8. The number of carbonyl (C=O) groups is 2. The number of carbonyl (C=O) groups excluding carboxylic acids is 2. The van der Waals surface area contributed by atoms with Crippen LogP contribution in [0.3, 0.4) is 0 Å². The lowest BCUT2D eigenvalue weighted by Crippen LogP contribution is -2.17. The van der Waals surface area contributed by atoms with Crippen molar-refractivity contribution in [2.24, 2.45) is 7.05 Å². The van der Waals surface area contributed by atoms with Crippen LogP contribution in [0.15, 0.2) is 29.4 Å². The topological polar surface area (TPSA) is 95.3 Å². The number of ether oxygens (including phenoxy) is 2. The Hall–Kier alpha value is -2.85. The number of benzene rings is 1. The zero-order valence-electron chi connectivity index (χ0n) is 20.4. The second-order valence-electron chi connectivity index (χ2n) is 8.57. The van der Waals surface area contributed by atoms with E-state index >= 15 is 0 Å². The van der Waals surface area contributed by atoms with Gasteiger partial charge < -0.3 is 19.4 Å². The second-order valence-corrected chi connectivity index (χ2v) is 10.6. The van der Waals surface area contributed by atoms with Gasteiger partial charge in [-0.25, -0.2) is 4.79 Å². The lowest BCUT2D eigenvalue weighted by atomic mass is 10.1. The Morgan fingerprint density at radius 1 is 1.17 bits per heavy atom. The number of thioether (sulfide) groups is 1. The van der Waals surface area contributed by atoms with Crippen LogP contribution < -0.4 is 10.1 Å². The Morgan fingerprint density at radius 3 is 2.66 bits per heavy atom. The van der Waals surface area contributed by atoms with Crippen molar-refractivity contribution >= 4 is 40.0 Å². The smallest absolute Gasteiger partial charge is 0.341 e. The molecule has 3 aromatic rings. The molecule has 1 unspecified atom stereocenters. The number of aryl methyl sites for hydroxylation is 2.